The SMILES string of the molecule is CCCCCCOc1ccc(NC(=O)CCC2CCCCC2)cc1. The summed E-state index contributed by atoms with van der Waals surface area (Å²) in [4.78, 5) is 12.1. The van der Waals surface area contributed by atoms with Gasteiger partial charge in [0, 0.05) is 12.1 Å². The molecule has 1 amide bonds. The lowest BCUT2D eigenvalue weighted by molar-refractivity contribution is -0.116. The molecule has 1 N–H and O–H groups in total. The van der Waals surface area contributed by atoms with Crippen LogP contribution in [-0.2, 0) is 4.79 Å². The highest BCUT2D eigenvalue weighted by molar-refractivity contribution is 5.90. The molecular weight excluding hydrogens is 298 g/mol. The van der Waals surface area contributed by atoms with Crippen LogP contribution in [0.3, 0.4) is 0 Å². The standard InChI is InChI=1S/C21H33NO2/c1-2-3-4-8-17-24-20-14-12-19(13-15-20)22-21(23)16-11-18-9-6-5-7-10-18/h12-15,18H,2-11,16-17H2,1H3,(H,22,23). The maximum atomic E-state index is 12.1. The second-order valence-electron chi connectivity index (χ2n) is 7.02. The maximum Gasteiger partial charge on any atom is 0.224 e. The highest BCUT2D eigenvalue weighted by Crippen LogP contribution is 2.27. The average molecular weight is 332 g/mol. The van der Waals surface area contributed by atoms with Crippen LogP contribution in [0.2, 0.25) is 0 Å². The molecule has 1 aliphatic rings. The van der Waals surface area contributed by atoms with Crippen molar-refractivity contribution < 1.29 is 9.53 Å². The fourth-order valence-electron chi connectivity index (χ4n) is 3.39. The predicted molar refractivity (Wildman–Crippen MR) is 101 cm³/mol. The lowest BCUT2D eigenvalue weighted by Gasteiger charge is -2.21. The van der Waals surface area contributed by atoms with Gasteiger partial charge in [0.15, 0.2) is 0 Å². The molecule has 0 saturated heterocycles. The number of benzene rings is 1. The molecule has 1 fully saturated rings. The van der Waals surface area contributed by atoms with Gasteiger partial charge in [0.05, 0.1) is 6.61 Å². The summed E-state index contributed by atoms with van der Waals surface area (Å²) in [5, 5.41) is 3.00. The summed E-state index contributed by atoms with van der Waals surface area (Å²) >= 11 is 0. The molecule has 134 valence electrons. The van der Waals surface area contributed by atoms with E-state index in [2.05, 4.69) is 12.2 Å². The van der Waals surface area contributed by atoms with E-state index in [4.69, 9.17) is 4.74 Å². The topological polar surface area (TPSA) is 38.3 Å². The van der Waals surface area contributed by atoms with Crippen LogP contribution >= 0.6 is 0 Å². The van der Waals surface area contributed by atoms with Crippen LogP contribution in [0.25, 0.3) is 0 Å². The molecule has 3 nitrogen and oxygen atoms in total. The lowest BCUT2D eigenvalue weighted by Crippen LogP contribution is -2.14. The van der Waals surface area contributed by atoms with E-state index < -0.39 is 0 Å². The summed E-state index contributed by atoms with van der Waals surface area (Å²) in [6.45, 7) is 2.98. The van der Waals surface area contributed by atoms with E-state index >= 15 is 0 Å². The zero-order chi connectivity index (χ0) is 17.0. The Kier molecular flexibility index (Phi) is 8.72. The summed E-state index contributed by atoms with van der Waals surface area (Å²) < 4.78 is 5.73. The molecule has 0 heterocycles. The van der Waals surface area contributed by atoms with Crippen LogP contribution in [0.1, 0.15) is 77.6 Å². The number of anilines is 1. The minimum atomic E-state index is 0.133. The van der Waals surface area contributed by atoms with Crippen LogP contribution in [-0.4, -0.2) is 12.5 Å². The molecular formula is C21H33NO2. The highest BCUT2D eigenvalue weighted by atomic mass is 16.5. The number of amides is 1. The van der Waals surface area contributed by atoms with E-state index in [9.17, 15) is 4.79 Å². The molecule has 24 heavy (non-hydrogen) atoms. The third kappa shape index (κ3) is 7.37. The van der Waals surface area contributed by atoms with Crippen LogP contribution in [0.4, 0.5) is 5.69 Å². The third-order valence-corrected chi connectivity index (χ3v) is 4.91. The number of hydrogen-bond acceptors (Lipinski definition) is 2. The van der Waals surface area contributed by atoms with Crippen LogP contribution in [0, 0.1) is 5.92 Å². The number of nitrogens with one attached hydrogen (secondary N) is 1. The highest BCUT2D eigenvalue weighted by Gasteiger charge is 2.14. The molecule has 0 atom stereocenters. The van der Waals surface area contributed by atoms with E-state index in [0.717, 1.165) is 36.8 Å². The zero-order valence-electron chi connectivity index (χ0n) is 15.2. The van der Waals surface area contributed by atoms with Gasteiger partial charge in [-0.3, -0.25) is 4.79 Å². The minimum Gasteiger partial charge on any atom is -0.494 e. The molecule has 0 radical (unpaired) electrons. The van der Waals surface area contributed by atoms with Crippen molar-refractivity contribution in [3.8, 4) is 5.75 Å². The first-order valence-corrected chi connectivity index (χ1v) is 9.80. The Balaban J connectivity index is 1.64. The Bertz CT molecular complexity index is 463. The van der Waals surface area contributed by atoms with Gasteiger partial charge in [-0.1, -0.05) is 58.3 Å². The van der Waals surface area contributed by atoms with Gasteiger partial charge in [0.1, 0.15) is 5.75 Å². The monoisotopic (exact) mass is 331 g/mol. The van der Waals surface area contributed by atoms with Gasteiger partial charge >= 0.3 is 0 Å². The van der Waals surface area contributed by atoms with Crippen LogP contribution < -0.4 is 10.1 Å². The van der Waals surface area contributed by atoms with Gasteiger partial charge in [-0.2, -0.15) is 0 Å². The normalized spacial score (nSPS) is 15.2. The quantitative estimate of drug-likeness (QED) is 0.538. The van der Waals surface area contributed by atoms with E-state index in [1.807, 2.05) is 24.3 Å². The van der Waals surface area contributed by atoms with E-state index in [-0.39, 0.29) is 5.91 Å². The van der Waals surface area contributed by atoms with Crippen LogP contribution in [0.15, 0.2) is 24.3 Å². The van der Waals surface area contributed by atoms with Crippen molar-refractivity contribution in [2.75, 3.05) is 11.9 Å². The molecule has 1 saturated carbocycles. The molecule has 0 spiro atoms. The molecule has 0 aliphatic heterocycles. The van der Waals surface area contributed by atoms with Gasteiger partial charge in [-0.15, -0.1) is 0 Å². The summed E-state index contributed by atoms with van der Waals surface area (Å²) in [5.74, 6) is 1.77. The van der Waals surface area contributed by atoms with Crippen molar-refractivity contribution in [2.24, 2.45) is 5.92 Å². The molecule has 0 unspecified atom stereocenters. The number of hydrogen-bond donors (Lipinski definition) is 1. The number of unbranched alkanes of at least 4 members (excludes halogenated alkanes) is 3. The zero-order valence-corrected chi connectivity index (χ0v) is 15.2. The summed E-state index contributed by atoms with van der Waals surface area (Å²) in [5.41, 5.74) is 0.863. The molecule has 1 aromatic rings. The van der Waals surface area contributed by atoms with E-state index in [0.29, 0.717) is 6.42 Å². The van der Waals surface area contributed by atoms with Gasteiger partial charge < -0.3 is 10.1 Å². The fourth-order valence-corrected chi connectivity index (χ4v) is 3.39. The Morgan fingerprint density at radius 1 is 1.08 bits per heavy atom. The molecule has 3 heteroatoms. The Hall–Kier alpha value is -1.51. The van der Waals surface area contributed by atoms with Crippen LogP contribution in [0.5, 0.6) is 5.75 Å². The molecule has 0 aromatic heterocycles. The number of ether oxygens (including phenoxy) is 1. The predicted octanol–water partition coefficient (Wildman–Crippen LogP) is 5.94. The summed E-state index contributed by atoms with van der Waals surface area (Å²) in [6, 6.07) is 7.74. The van der Waals surface area contributed by atoms with E-state index in [1.165, 1.54) is 51.4 Å². The Labute approximate surface area is 147 Å². The number of rotatable bonds is 10. The largest absolute Gasteiger partial charge is 0.494 e. The number of carbonyl (C=O) groups excluding carboxylic acids is 1. The number of carbonyl (C=O) groups is 1. The van der Waals surface area contributed by atoms with Gasteiger partial charge in [0.25, 0.3) is 0 Å². The van der Waals surface area contributed by atoms with Crippen molar-refractivity contribution >= 4 is 11.6 Å². The van der Waals surface area contributed by atoms with Crippen molar-refractivity contribution in [1.82, 2.24) is 0 Å². The smallest absolute Gasteiger partial charge is 0.224 e. The Morgan fingerprint density at radius 3 is 2.54 bits per heavy atom. The Morgan fingerprint density at radius 2 is 1.83 bits per heavy atom. The minimum absolute atomic E-state index is 0.133. The molecule has 1 aromatic carbocycles. The second-order valence-corrected chi connectivity index (χ2v) is 7.02. The van der Waals surface area contributed by atoms with Crippen molar-refractivity contribution in [3.05, 3.63) is 24.3 Å². The third-order valence-electron chi connectivity index (χ3n) is 4.91. The molecule has 1 aliphatic carbocycles. The fraction of sp³-hybridized carbons (Fsp3) is 0.667. The summed E-state index contributed by atoms with van der Waals surface area (Å²) in [7, 11) is 0. The summed E-state index contributed by atoms with van der Waals surface area (Å²) in [6.07, 6.45) is 13.2. The van der Waals surface area contributed by atoms with E-state index in [1.54, 1.807) is 0 Å². The lowest BCUT2D eigenvalue weighted by atomic mass is 9.86. The first-order valence-electron chi connectivity index (χ1n) is 9.80. The van der Waals surface area contributed by atoms with Gasteiger partial charge in [-0.05, 0) is 43.0 Å². The maximum absolute atomic E-state index is 12.1. The van der Waals surface area contributed by atoms with Gasteiger partial charge in [-0.25, -0.2) is 0 Å². The molecule has 2 rings (SSSR count). The molecule has 0 bridgehead atoms. The first kappa shape index (κ1) is 18.8. The first-order chi connectivity index (χ1) is 11.8. The van der Waals surface area contributed by atoms with Crippen molar-refractivity contribution in [2.45, 2.75) is 77.6 Å². The average Bonchev–Trinajstić information content (AvgIpc) is 2.62. The second kappa shape index (κ2) is 11.1. The van der Waals surface area contributed by atoms with Gasteiger partial charge in [0.2, 0.25) is 5.91 Å². The van der Waals surface area contributed by atoms with Crippen molar-refractivity contribution in [3.63, 3.8) is 0 Å². The van der Waals surface area contributed by atoms with Crippen molar-refractivity contribution in [1.29, 1.82) is 0 Å².